The van der Waals surface area contributed by atoms with Crippen molar-refractivity contribution in [3.05, 3.63) is 39.4 Å². The maximum Gasteiger partial charge on any atom is 0.272 e. The first kappa shape index (κ1) is 14.9. The number of hydrogen-bond acceptors (Lipinski definition) is 5. The number of piperazine rings is 1. The molecule has 1 aromatic rings. The van der Waals surface area contributed by atoms with Crippen LogP contribution >= 0.6 is 0 Å². The summed E-state index contributed by atoms with van der Waals surface area (Å²) < 4.78 is 0. The van der Waals surface area contributed by atoms with Crippen LogP contribution in [0.25, 0.3) is 0 Å². The first-order chi connectivity index (χ1) is 9.60. The topological polar surface area (TPSA) is 69.8 Å². The lowest BCUT2D eigenvalue weighted by Crippen LogP contribution is -2.46. The van der Waals surface area contributed by atoms with E-state index in [0.717, 1.165) is 44.8 Å². The van der Waals surface area contributed by atoms with Crippen molar-refractivity contribution < 1.29 is 10.0 Å². The molecule has 110 valence electrons. The van der Waals surface area contributed by atoms with E-state index in [4.69, 9.17) is 5.11 Å². The predicted octanol–water partition coefficient (Wildman–Crippen LogP) is 1.01. The average Bonchev–Trinajstić information content (AvgIpc) is 2.43. The molecule has 1 fully saturated rings. The molecule has 1 aliphatic rings. The molecule has 2 rings (SSSR count). The van der Waals surface area contributed by atoms with Crippen LogP contribution in [0.4, 0.5) is 5.69 Å². The number of aryl methyl sites for hydroxylation is 1. The summed E-state index contributed by atoms with van der Waals surface area (Å²) in [7, 11) is 0. The normalized spacial score (nSPS) is 17.3. The Morgan fingerprint density at radius 3 is 2.50 bits per heavy atom. The molecule has 0 spiro atoms. The van der Waals surface area contributed by atoms with Crippen molar-refractivity contribution >= 4 is 5.69 Å². The van der Waals surface area contributed by atoms with E-state index in [2.05, 4.69) is 9.80 Å². The lowest BCUT2D eigenvalue weighted by atomic mass is 10.1. The molecule has 20 heavy (non-hydrogen) atoms. The van der Waals surface area contributed by atoms with Gasteiger partial charge in [-0.2, -0.15) is 0 Å². The molecule has 1 aromatic carbocycles. The van der Waals surface area contributed by atoms with Gasteiger partial charge in [0.05, 0.1) is 11.5 Å². The van der Waals surface area contributed by atoms with Crippen molar-refractivity contribution in [3.8, 4) is 0 Å². The first-order valence-electron chi connectivity index (χ1n) is 6.89. The third kappa shape index (κ3) is 3.75. The monoisotopic (exact) mass is 279 g/mol. The highest BCUT2D eigenvalue weighted by Gasteiger charge is 2.18. The molecule has 1 aliphatic heterocycles. The standard InChI is InChI=1S/C14H21N3O3/c1-12-2-3-13(10-14(12)17(19)20)11-16-6-4-15(5-7-16)8-9-18/h2-3,10,18H,4-9,11H2,1H3. The molecular weight excluding hydrogens is 258 g/mol. The SMILES string of the molecule is Cc1ccc(CN2CCN(CCO)CC2)cc1[N+](=O)[O-]. The predicted molar refractivity (Wildman–Crippen MR) is 76.6 cm³/mol. The van der Waals surface area contributed by atoms with Crippen LogP contribution in [0.5, 0.6) is 0 Å². The molecular formula is C14H21N3O3. The zero-order valence-corrected chi connectivity index (χ0v) is 11.8. The first-order valence-corrected chi connectivity index (χ1v) is 6.89. The number of rotatable bonds is 5. The number of hydrogen-bond donors (Lipinski definition) is 1. The molecule has 1 N–H and O–H groups in total. The van der Waals surface area contributed by atoms with Crippen molar-refractivity contribution in [2.24, 2.45) is 0 Å². The van der Waals surface area contributed by atoms with Gasteiger partial charge < -0.3 is 5.11 Å². The van der Waals surface area contributed by atoms with Gasteiger partial charge in [0.25, 0.3) is 5.69 Å². The zero-order chi connectivity index (χ0) is 14.5. The van der Waals surface area contributed by atoms with Gasteiger partial charge in [-0.3, -0.25) is 19.9 Å². The Morgan fingerprint density at radius 1 is 1.25 bits per heavy atom. The summed E-state index contributed by atoms with van der Waals surface area (Å²) in [5.74, 6) is 0. The number of nitro benzene ring substituents is 1. The lowest BCUT2D eigenvalue weighted by molar-refractivity contribution is -0.385. The molecule has 0 saturated carbocycles. The molecule has 6 heteroatoms. The van der Waals surface area contributed by atoms with Gasteiger partial charge in [-0.05, 0) is 12.5 Å². The van der Waals surface area contributed by atoms with E-state index in [9.17, 15) is 10.1 Å². The van der Waals surface area contributed by atoms with Crippen LogP contribution in [-0.4, -0.2) is 59.2 Å². The van der Waals surface area contributed by atoms with Crippen LogP contribution in [0.15, 0.2) is 18.2 Å². The fraction of sp³-hybridized carbons (Fsp3) is 0.571. The summed E-state index contributed by atoms with van der Waals surface area (Å²) in [5, 5.41) is 19.9. The molecule has 0 aromatic heterocycles. The van der Waals surface area contributed by atoms with E-state index in [0.29, 0.717) is 5.56 Å². The second kappa shape index (κ2) is 6.78. The van der Waals surface area contributed by atoms with Crippen molar-refractivity contribution in [2.75, 3.05) is 39.3 Å². The molecule has 0 aliphatic carbocycles. The molecule has 0 unspecified atom stereocenters. The van der Waals surface area contributed by atoms with Gasteiger partial charge in [-0.1, -0.05) is 12.1 Å². The van der Waals surface area contributed by atoms with Crippen LogP contribution in [0.2, 0.25) is 0 Å². The van der Waals surface area contributed by atoms with E-state index in [1.165, 1.54) is 0 Å². The van der Waals surface area contributed by atoms with Crippen LogP contribution in [0.1, 0.15) is 11.1 Å². The molecule has 0 bridgehead atoms. The van der Waals surface area contributed by atoms with Crippen LogP contribution in [0.3, 0.4) is 0 Å². The molecule has 1 saturated heterocycles. The zero-order valence-electron chi connectivity index (χ0n) is 11.8. The summed E-state index contributed by atoms with van der Waals surface area (Å²) in [4.78, 5) is 15.1. The van der Waals surface area contributed by atoms with Crippen LogP contribution < -0.4 is 0 Å². The number of β-amino-alcohol motifs (C(OH)–C–C–N with tert-alkyl or cyclic N) is 1. The van der Waals surface area contributed by atoms with Crippen molar-refractivity contribution in [1.82, 2.24) is 9.80 Å². The average molecular weight is 279 g/mol. The highest BCUT2D eigenvalue weighted by Crippen LogP contribution is 2.20. The van der Waals surface area contributed by atoms with Gasteiger partial charge in [0, 0.05) is 50.9 Å². The van der Waals surface area contributed by atoms with E-state index in [1.807, 2.05) is 12.1 Å². The fourth-order valence-corrected chi connectivity index (χ4v) is 2.52. The summed E-state index contributed by atoms with van der Waals surface area (Å²) in [5.41, 5.74) is 1.88. The van der Waals surface area contributed by atoms with Gasteiger partial charge in [0.2, 0.25) is 0 Å². The quantitative estimate of drug-likeness (QED) is 0.643. The van der Waals surface area contributed by atoms with E-state index in [1.54, 1.807) is 13.0 Å². The molecule has 0 atom stereocenters. The second-order valence-electron chi connectivity index (χ2n) is 5.22. The van der Waals surface area contributed by atoms with Crippen molar-refractivity contribution in [2.45, 2.75) is 13.5 Å². The highest BCUT2D eigenvalue weighted by atomic mass is 16.6. The van der Waals surface area contributed by atoms with Gasteiger partial charge in [-0.15, -0.1) is 0 Å². The molecule has 6 nitrogen and oxygen atoms in total. The maximum atomic E-state index is 10.9. The van der Waals surface area contributed by atoms with Crippen LogP contribution in [0, 0.1) is 17.0 Å². The fourth-order valence-electron chi connectivity index (χ4n) is 2.52. The third-order valence-electron chi connectivity index (χ3n) is 3.76. The Kier molecular flexibility index (Phi) is 5.05. The molecule has 0 amide bonds. The smallest absolute Gasteiger partial charge is 0.272 e. The summed E-state index contributed by atoms with van der Waals surface area (Å²) in [6.45, 7) is 7.17. The Labute approximate surface area is 118 Å². The summed E-state index contributed by atoms with van der Waals surface area (Å²) in [6, 6.07) is 5.45. The third-order valence-corrected chi connectivity index (χ3v) is 3.76. The Morgan fingerprint density at radius 2 is 1.90 bits per heavy atom. The molecule has 0 radical (unpaired) electrons. The Balaban J connectivity index is 1.94. The number of benzene rings is 1. The maximum absolute atomic E-state index is 10.9. The number of nitro groups is 1. The van der Waals surface area contributed by atoms with E-state index < -0.39 is 0 Å². The van der Waals surface area contributed by atoms with Gasteiger partial charge >= 0.3 is 0 Å². The number of nitrogens with zero attached hydrogens (tertiary/aromatic N) is 3. The van der Waals surface area contributed by atoms with E-state index in [-0.39, 0.29) is 17.2 Å². The lowest BCUT2D eigenvalue weighted by Gasteiger charge is -2.34. The summed E-state index contributed by atoms with van der Waals surface area (Å²) in [6.07, 6.45) is 0. The van der Waals surface area contributed by atoms with Crippen molar-refractivity contribution in [3.63, 3.8) is 0 Å². The largest absolute Gasteiger partial charge is 0.395 e. The second-order valence-corrected chi connectivity index (χ2v) is 5.22. The van der Waals surface area contributed by atoms with E-state index >= 15 is 0 Å². The number of aliphatic hydroxyl groups excluding tert-OH is 1. The van der Waals surface area contributed by atoms with Gasteiger partial charge in [0.1, 0.15) is 0 Å². The minimum atomic E-state index is -0.321. The van der Waals surface area contributed by atoms with Crippen molar-refractivity contribution in [1.29, 1.82) is 0 Å². The summed E-state index contributed by atoms with van der Waals surface area (Å²) >= 11 is 0. The minimum Gasteiger partial charge on any atom is -0.395 e. The van der Waals surface area contributed by atoms with Gasteiger partial charge in [0.15, 0.2) is 0 Å². The molecule has 1 heterocycles. The number of aliphatic hydroxyl groups is 1. The van der Waals surface area contributed by atoms with Crippen LogP contribution in [-0.2, 0) is 6.54 Å². The van der Waals surface area contributed by atoms with Gasteiger partial charge in [-0.25, -0.2) is 0 Å². The highest BCUT2D eigenvalue weighted by molar-refractivity contribution is 5.42. The Hall–Kier alpha value is -1.50. The minimum absolute atomic E-state index is 0.196. The Bertz CT molecular complexity index is 471.